The maximum absolute atomic E-state index is 12.7. The summed E-state index contributed by atoms with van der Waals surface area (Å²) in [6, 6.07) is 6.08. The van der Waals surface area contributed by atoms with Gasteiger partial charge in [0, 0.05) is 10.0 Å². The van der Waals surface area contributed by atoms with E-state index >= 15 is 0 Å². The molecule has 98 valence electrons. The number of nitrogens with one attached hydrogen (secondary N) is 1. The molecule has 1 atom stereocenters. The van der Waals surface area contributed by atoms with Crippen molar-refractivity contribution in [1.82, 2.24) is 5.32 Å². The van der Waals surface area contributed by atoms with E-state index in [0.717, 1.165) is 35.8 Å². The van der Waals surface area contributed by atoms with Crippen LogP contribution in [0.15, 0.2) is 22.7 Å². The van der Waals surface area contributed by atoms with Gasteiger partial charge in [-0.2, -0.15) is 0 Å². The molecule has 1 saturated heterocycles. The molecular weight excluding hydrogens is 314 g/mol. The number of carbonyl (C=O) groups excluding carboxylic acids is 1. The number of piperidine rings is 1. The first kappa shape index (κ1) is 14.0. The Hall–Kier alpha value is -0.380. The smallest absolute Gasteiger partial charge is 0.183 e. The topological polar surface area (TPSA) is 29.1 Å². The van der Waals surface area contributed by atoms with E-state index in [-0.39, 0.29) is 17.9 Å². The monoisotopic (exact) mass is 329 g/mol. The molecule has 0 bridgehead atoms. The fourth-order valence-electron chi connectivity index (χ4n) is 3.07. The number of fused-ring (bicyclic) bond motifs is 1. The normalized spacial score (nSPS) is 26.6. The molecule has 1 unspecified atom stereocenters. The molecule has 0 radical (unpaired) electrons. The van der Waals surface area contributed by atoms with Crippen LogP contribution < -0.4 is 5.32 Å². The zero-order valence-corrected chi connectivity index (χ0v) is 12.6. The highest BCUT2D eigenvalue weighted by Gasteiger charge is 2.42. The number of rotatable bonds is 0. The van der Waals surface area contributed by atoms with E-state index in [0.29, 0.717) is 5.78 Å². The fourth-order valence-corrected chi connectivity index (χ4v) is 3.43. The molecule has 2 aliphatic rings. The molecule has 1 N–H and O–H groups in total. The van der Waals surface area contributed by atoms with E-state index in [4.69, 9.17) is 0 Å². The van der Waals surface area contributed by atoms with Crippen molar-refractivity contribution in [3.05, 3.63) is 33.8 Å². The third kappa shape index (κ3) is 2.24. The highest BCUT2D eigenvalue weighted by Crippen LogP contribution is 2.35. The molecule has 4 heteroatoms. The van der Waals surface area contributed by atoms with Crippen LogP contribution in [0.5, 0.6) is 0 Å². The van der Waals surface area contributed by atoms with Crippen LogP contribution in [-0.4, -0.2) is 17.9 Å². The number of aryl methyl sites for hydroxylation is 1. The Morgan fingerprint density at radius 1 is 1.22 bits per heavy atom. The lowest BCUT2D eigenvalue weighted by molar-refractivity contribution is 0.0782. The molecule has 1 fully saturated rings. The average Bonchev–Trinajstić information content (AvgIpc) is 2.36. The van der Waals surface area contributed by atoms with Gasteiger partial charge in [-0.3, -0.25) is 4.79 Å². The van der Waals surface area contributed by atoms with Crippen LogP contribution in [0.1, 0.15) is 41.6 Å². The number of benzene rings is 1. The molecule has 0 amide bonds. The minimum Gasteiger partial charge on any atom is -0.305 e. The van der Waals surface area contributed by atoms with Gasteiger partial charge in [0.1, 0.15) is 0 Å². The standard InChI is InChI=1S/C14H16BrNO.ClH/c15-11-4-3-10-5-7-14(6-1-2-8-16-14)13(17)12(10)9-11;/h3-4,9,16H,1-2,5-8H2;1H. The lowest BCUT2D eigenvalue weighted by Crippen LogP contribution is -2.56. The summed E-state index contributed by atoms with van der Waals surface area (Å²) in [4.78, 5) is 12.7. The van der Waals surface area contributed by atoms with E-state index in [1.165, 1.54) is 18.4 Å². The SMILES string of the molecule is Cl.O=C1c2cc(Br)ccc2CCC12CCCCN2. The summed E-state index contributed by atoms with van der Waals surface area (Å²) in [5, 5.41) is 3.48. The predicted molar refractivity (Wildman–Crippen MR) is 78.6 cm³/mol. The molecule has 3 rings (SSSR count). The van der Waals surface area contributed by atoms with Gasteiger partial charge in [-0.05, 0) is 56.3 Å². The van der Waals surface area contributed by atoms with Crippen LogP contribution in [-0.2, 0) is 6.42 Å². The van der Waals surface area contributed by atoms with E-state index < -0.39 is 0 Å². The Bertz CT molecular complexity index is 469. The molecule has 1 spiro atoms. The number of carbonyl (C=O) groups is 1. The molecule has 2 nitrogen and oxygen atoms in total. The highest BCUT2D eigenvalue weighted by molar-refractivity contribution is 9.10. The number of hydrogen-bond donors (Lipinski definition) is 1. The van der Waals surface area contributed by atoms with Gasteiger partial charge in [0.25, 0.3) is 0 Å². The Morgan fingerprint density at radius 2 is 2.06 bits per heavy atom. The van der Waals surface area contributed by atoms with Crippen LogP contribution >= 0.6 is 28.3 Å². The molecule has 18 heavy (non-hydrogen) atoms. The third-order valence-corrected chi connectivity index (χ3v) is 4.56. The summed E-state index contributed by atoms with van der Waals surface area (Å²) in [5.41, 5.74) is 1.86. The van der Waals surface area contributed by atoms with Crippen LogP contribution in [0.3, 0.4) is 0 Å². The number of halogens is 2. The second-order valence-corrected chi connectivity index (χ2v) is 6.01. The maximum atomic E-state index is 12.7. The average molecular weight is 331 g/mol. The first-order valence-corrected chi connectivity index (χ1v) is 7.09. The lowest BCUT2D eigenvalue weighted by atomic mass is 9.73. The van der Waals surface area contributed by atoms with Gasteiger partial charge >= 0.3 is 0 Å². The number of hydrogen-bond acceptors (Lipinski definition) is 2. The van der Waals surface area contributed by atoms with Crippen molar-refractivity contribution in [1.29, 1.82) is 0 Å². The van der Waals surface area contributed by atoms with Gasteiger partial charge in [0.2, 0.25) is 0 Å². The summed E-state index contributed by atoms with van der Waals surface area (Å²) in [6.07, 6.45) is 5.34. The second-order valence-electron chi connectivity index (χ2n) is 5.10. The third-order valence-electron chi connectivity index (χ3n) is 4.07. The van der Waals surface area contributed by atoms with Gasteiger partial charge in [-0.1, -0.05) is 22.0 Å². The molecule has 0 saturated carbocycles. The summed E-state index contributed by atoms with van der Waals surface area (Å²) < 4.78 is 0.998. The largest absolute Gasteiger partial charge is 0.305 e. The van der Waals surface area contributed by atoms with Gasteiger partial charge in [-0.15, -0.1) is 12.4 Å². The second kappa shape index (κ2) is 5.32. The minimum atomic E-state index is -0.258. The summed E-state index contributed by atoms with van der Waals surface area (Å²) in [5.74, 6) is 0.305. The van der Waals surface area contributed by atoms with Crippen molar-refractivity contribution in [3.63, 3.8) is 0 Å². The van der Waals surface area contributed by atoms with Gasteiger partial charge in [0.15, 0.2) is 5.78 Å². The first-order valence-electron chi connectivity index (χ1n) is 6.30. The molecule has 0 aromatic heterocycles. The zero-order chi connectivity index (χ0) is 11.9. The molecule has 1 heterocycles. The lowest BCUT2D eigenvalue weighted by Gasteiger charge is -2.40. The molecule has 1 aromatic rings. The van der Waals surface area contributed by atoms with Crippen molar-refractivity contribution in [2.75, 3.05) is 6.54 Å². The summed E-state index contributed by atoms with van der Waals surface area (Å²) >= 11 is 3.46. The Labute approximate surface area is 122 Å². The Morgan fingerprint density at radius 3 is 2.78 bits per heavy atom. The summed E-state index contributed by atoms with van der Waals surface area (Å²) in [6.45, 7) is 0.981. The zero-order valence-electron chi connectivity index (χ0n) is 10.2. The Kier molecular flexibility index (Phi) is 4.15. The van der Waals surface area contributed by atoms with Crippen molar-refractivity contribution in [2.45, 2.75) is 37.6 Å². The van der Waals surface area contributed by atoms with Crippen LogP contribution in [0.2, 0.25) is 0 Å². The quantitative estimate of drug-likeness (QED) is 0.788. The number of Topliss-reactive ketones (excluding diaryl/α,β-unsaturated/α-hetero) is 1. The van der Waals surface area contributed by atoms with Gasteiger partial charge in [-0.25, -0.2) is 0 Å². The van der Waals surface area contributed by atoms with Crippen molar-refractivity contribution >= 4 is 34.1 Å². The molecule has 1 aromatic carbocycles. The van der Waals surface area contributed by atoms with Gasteiger partial charge < -0.3 is 5.32 Å². The highest BCUT2D eigenvalue weighted by atomic mass is 79.9. The predicted octanol–water partition coefficient (Wildman–Crippen LogP) is 3.51. The summed E-state index contributed by atoms with van der Waals surface area (Å²) in [7, 11) is 0. The van der Waals surface area contributed by atoms with Crippen LogP contribution in [0.25, 0.3) is 0 Å². The van der Waals surface area contributed by atoms with E-state index in [2.05, 4.69) is 27.3 Å². The maximum Gasteiger partial charge on any atom is 0.183 e. The van der Waals surface area contributed by atoms with Crippen LogP contribution in [0.4, 0.5) is 0 Å². The molecule has 1 aliphatic heterocycles. The van der Waals surface area contributed by atoms with E-state index in [1.807, 2.05) is 12.1 Å². The van der Waals surface area contributed by atoms with Crippen molar-refractivity contribution < 1.29 is 4.79 Å². The first-order chi connectivity index (χ1) is 8.21. The van der Waals surface area contributed by atoms with E-state index in [1.54, 1.807) is 0 Å². The van der Waals surface area contributed by atoms with Crippen molar-refractivity contribution in [2.24, 2.45) is 0 Å². The van der Waals surface area contributed by atoms with E-state index in [9.17, 15) is 4.79 Å². The van der Waals surface area contributed by atoms with Crippen LogP contribution in [0, 0.1) is 0 Å². The Balaban J connectivity index is 0.00000120. The molecular formula is C14H17BrClNO. The number of ketones is 1. The van der Waals surface area contributed by atoms with Crippen molar-refractivity contribution in [3.8, 4) is 0 Å². The molecule has 1 aliphatic carbocycles. The fraction of sp³-hybridized carbons (Fsp3) is 0.500. The van der Waals surface area contributed by atoms with Gasteiger partial charge in [0.05, 0.1) is 5.54 Å². The minimum absolute atomic E-state index is 0.